The van der Waals surface area contributed by atoms with Crippen LogP contribution in [0.1, 0.15) is 17.8 Å². The number of hydrogen-bond donors (Lipinski definition) is 1. The van der Waals surface area contributed by atoms with Gasteiger partial charge in [-0.15, -0.1) is 11.8 Å². The smallest absolute Gasteiger partial charge is 0.108 e. The number of hydrogen-bond acceptors (Lipinski definition) is 3. The van der Waals surface area contributed by atoms with Gasteiger partial charge in [0.25, 0.3) is 0 Å². The van der Waals surface area contributed by atoms with E-state index in [1.807, 2.05) is 31.2 Å². The summed E-state index contributed by atoms with van der Waals surface area (Å²) in [5.41, 5.74) is 7.46. The minimum Gasteiger partial charge on any atom is -0.338 e. The van der Waals surface area contributed by atoms with E-state index in [4.69, 9.17) is 5.73 Å². The first-order chi connectivity index (χ1) is 9.15. The third kappa shape index (κ3) is 4.40. The minimum absolute atomic E-state index is 0.211. The number of rotatable bonds is 6. The third-order valence-electron chi connectivity index (χ3n) is 3.14. The fourth-order valence-electron chi connectivity index (χ4n) is 1.87. The Bertz CT molecular complexity index is 504. The first kappa shape index (κ1) is 14.2. The molecule has 1 aromatic carbocycles. The van der Waals surface area contributed by atoms with Crippen LogP contribution >= 0.6 is 11.8 Å². The summed E-state index contributed by atoms with van der Waals surface area (Å²) >= 11 is 1.83. The Balaban J connectivity index is 1.74. The van der Waals surface area contributed by atoms with Crippen molar-refractivity contribution in [3.05, 3.63) is 48.0 Å². The molecular formula is C15H21N3S. The number of thioether (sulfide) groups is 1. The molecule has 0 saturated carbocycles. The Morgan fingerprint density at radius 2 is 2.05 bits per heavy atom. The van der Waals surface area contributed by atoms with Gasteiger partial charge in [0.05, 0.1) is 0 Å². The number of nitrogens with two attached hydrogens (primary N) is 1. The van der Waals surface area contributed by atoms with Crippen LogP contribution in [0.25, 0.3) is 0 Å². The number of imidazole rings is 1. The molecule has 0 amide bonds. The van der Waals surface area contributed by atoms with Gasteiger partial charge in [0.15, 0.2) is 0 Å². The number of nitrogens with zero attached hydrogens (tertiary/aromatic N) is 2. The third-order valence-corrected chi connectivity index (χ3v) is 4.35. The molecule has 0 aliphatic heterocycles. The van der Waals surface area contributed by atoms with Crippen molar-refractivity contribution in [1.82, 2.24) is 9.55 Å². The lowest BCUT2D eigenvalue weighted by atomic mass is 10.2. The SMILES string of the molecule is Cc1ccc(SCC(N)CCc2nccn2C)cc1. The van der Waals surface area contributed by atoms with E-state index in [0.717, 1.165) is 24.4 Å². The van der Waals surface area contributed by atoms with Crippen molar-refractivity contribution in [2.45, 2.75) is 30.7 Å². The molecule has 2 rings (SSSR count). The van der Waals surface area contributed by atoms with E-state index in [1.165, 1.54) is 10.5 Å². The molecule has 0 bridgehead atoms. The molecular weight excluding hydrogens is 254 g/mol. The standard InChI is InChI=1S/C15H21N3S/c1-12-3-6-14(7-4-12)19-11-13(16)5-8-15-17-9-10-18(15)2/h3-4,6-7,9-10,13H,5,8,11,16H2,1-2H3. The monoisotopic (exact) mass is 275 g/mol. The molecule has 1 atom stereocenters. The van der Waals surface area contributed by atoms with Crippen LogP contribution in [0.3, 0.4) is 0 Å². The van der Waals surface area contributed by atoms with E-state index < -0.39 is 0 Å². The molecule has 0 saturated heterocycles. The van der Waals surface area contributed by atoms with Gasteiger partial charge < -0.3 is 10.3 Å². The van der Waals surface area contributed by atoms with Crippen molar-refractivity contribution in [3.8, 4) is 0 Å². The molecule has 1 unspecified atom stereocenters. The van der Waals surface area contributed by atoms with Crippen LogP contribution in [-0.2, 0) is 13.5 Å². The maximum Gasteiger partial charge on any atom is 0.108 e. The fraction of sp³-hybridized carbons (Fsp3) is 0.400. The Morgan fingerprint density at radius 3 is 2.68 bits per heavy atom. The highest BCUT2D eigenvalue weighted by atomic mass is 32.2. The highest BCUT2D eigenvalue weighted by Crippen LogP contribution is 2.19. The van der Waals surface area contributed by atoms with E-state index in [-0.39, 0.29) is 6.04 Å². The van der Waals surface area contributed by atoms with Crippen LogP contribution in [0.4, 0.5) is 0 Å². The van der Waals surface area contributed by atoms with Crippen molar-refractivity contribution >= 4 is 11.8 Å². The van der Waals surface area contributed by atoms with Crippen LogP contribution in [0.5, 0.6) is 0 Å². The first-order valence-electron chi connectivity index (χ1n) is 6.56. The summed E-state index contributed by atoms with van der Waals surface area (Å²) in [5, 5.41) is 0. The van der Waals surface area contributed by atoms with Gasteiger partial charge in [0.1, 0.15) is 5.82 Å². The van der Waals surface area contributed by atoms with Gasteiger partial charge in [-0.25, -0.2) is 4.98 Å². The quantitative estimate of drug-likeness (QED) is 0.824. The van der Waals surface area contributed by atoms with Crippen molar-refractivity contribution in [2.24, 2.45) is 12.8 Å². The lowest BCUT2D eigenvalue weighted by Crippen LogP contribution is -2.24. The van der Waals surface area contributed by atoms with Gasteiger partial charge in [-0.2, -0.15) is 0 Å². The van der Waals surface area contributed by atoms with Crippen LogP contribution in [0.2, 0.25) is 0 Å². The molecule has 2 N–H and O–H groups in total. The molecule has 1 heterocycles. The second-order valence-corrected chi connectivity index (χ2v) is 5.97. The minimum atomic E-state index is 0.211. The van der Waals surface area contributed by atoms with Crippen molar-refractivity contribution in [2.75, 3.05) is 5.75 Å². The first-order valence-corrected chi connectivity index (χ1v) is 7.55. The molecule has 2 aromatic rings. The molecule has 0 aliphatic carbocycles. The topological polar surface area (TPSA) is 43.8 Å². The summed E-state index contributed by atoms with van der Waals surface area (Å²) < 4.78 is 2.06. The van der Waals surface area contributed by atoms with Crippen molar-refractivity contribution in [1.29, 1.82) is 0 Å². The molecule has 0 radical (unpaired) electrons. The van der Waals surface area contributed by atoms with Gasteiger partial charge in [0.2, 0.25) is 0 Å². The highest BCUT2D eigenvalue weighted by Gasteiger charge is 2.06. The van der Waals surface area contributed by atoms with E-state index >= 15 is 0 Å². The summed E-state index contributed by atoms with van der Waals surface area (Å²) in [4.78, 5) is 5.61. The molecule has 102 valence electrons. The molecule has 1 aromatic heterocycles. The lowest BCUT2D eigenvalue weighted by Gasteiger charge is -2.11. The Labute approximate surface area is 119 Å². The molecule has 3 nitrogen and oxygen atoms in total. The predicted molar refractivity (Wildman–Crippen MR) is 81.4 cm³/mol. The van der Waals surface area contributed by atoms with Gasteiger partial charge in [-0.1, -0.05) is 17.7 Å². The van der Waals surface area contributed by atoms with E-state index in [9.17, 15) is 0 Å². The summed E-state index contributed by atoms with van der Waals surface area (Å²) in [7, 11) is 2.02. The van der Waals surface area contributed by atoms with Crippen LogP contribution in [0, 0.1) is 6.92 Å². The van der Waals surface area contributed by atoms with Gasteiger partial charge >= 0.3 is 0 Å². The maximum atomic E-state index is 6.16. The summed E-state index contributed by atoms with van der Waals surface area (Å²) in [6.45, 7) is 2.10. The average Bonchev–Trinajstić information content (AvgIpc) is 2.81. The lowest BCUT2D eigenvalue weighted by molar-refractivity contribution is 0.639. The highest BCUT2D eigenvalue weighted by molar-refractivity contribution is 7.99. The van der Waals surface area contributed by atoms with Crippen molar-refractivity contribution in [3.63, 3.8) is 0 Å². The second kappa shape index (κ2) is 6.78. The number of aryl methyl sites for hydroxylation is 3. The van der Waals surface area contributed by atoms with E-state index in [1.54, 1.807) is 0 Å². The molecule has 0 aliphatic rings. The Hall–Kier alpha value is -1.26. The molecule has 19 heavy (non-hydrogen) atoms. The fourth-order valence-corrected chi connectivity index (χ4v) is 2.77. The number of aromatic nitrogens is 2. The van der Waals surface area contributed by atoms with Gasteiger partial charge in [-0.3, -0.25) is 0 Å². The number of benzene rings is 1. The van der Waals surface area contributed by atoms with Gasteiger partial charge in [-0.05, 0) is 25.5 Å². The zero-order valence-electron chi connectivity index (χ0n) is 11.5. The van der Waals surface area contributed by atoms with Crippen LogP contribution < -0.4 is 5.73 Å². The average molecular weight is 275 g/mol. The van der Waals surface area contributed by atoms with E-state index in [2.05, 4.69) is 40.7 Å². The summed E-state index contributed by atoms with van der Waals surface area (Å²) in [5.74, 6) is 2.06. The summed E-state index contributed by atoms with van der Waals surface area (Å²) in [6.07, 6.45) is 5.73. The Morgan fingerprint density at radius 1 is 1.32 bits per heavy atom. The molecule has 0 spiro atoms. The Kier molecular flexibility index (Phi) is 5.05. The summed E-state index contributed by atoms with van der Waals surface area (Å²) in [6, 6.07) is 8.81. The van der Waals surface area contributed by atoms with Gasteiger partial charge in [0, 0.05) is 42.6 Å². The van der Waals surface area contributed by atoms with Crippen LogP contribution in [0.15, 0.2) is 41.6 Å². The normalized spacial score (nSPS) is 12.6. The molecule has 4 heteroatoms. The van der Waals surface area contributed by atoms with Crippen molar-refractivity contribution < 1.29 is 0 Å². The zero-order chi connectivity index (χ0) is 13.7. The van der Waals surface area contributed by atoms with Crippen LogP contribution in [-0.4, -0.2) is 21.3 Å². The second-order valence-electron chi connectivity index (χ2n) is 4.88. The largest absolute Gasteiger partial charge is 0.338 e. The van der Waals surface area contributed by atoms with E-state index in [0.29, 0.717) is 0 Å². The molecule has 0 fully saturated rings. The predicted octanol–water partition coefficient (Wildman–Crippen LogP) is 2.78. The maximum absolute atomic E-state index is 6.16. The zero-order valence-corrected chi connectivity index (χ0v) is 12.4.